The fraction of sp³-hybridized carbons (Fsp3) is 0.286. The third-order valence-corrected chi connectivity index (χ3v) is 7.52. The maximum Gasteiger partial charge on any atom is 0.272 e. The van der Waals surface area contributed by atoms with Gasteiger partial charge in [0.15, 0.2) is 4.21 Å². The molecule has 0 aliphatic heterocycles. The van der Waals surface area contributed by atoms with E-state index in [1.165, 1.54) is 11.3 Å². The Morgan fingerprint density at radius 1 is 1.24 bits per heavy atom. The molecule has 0 saturated carbocycles. The van der Waals surface area contributed by atoms with Gasteiger partial charge in [-0.15, -0.1) is 11.3 Å². The monoisotopic (exact) mass is 407 g/mol. The molecule has 2 rings (SSSR count). The van der Waals surface area contributed by atoms with Crippen LogP contribution in [0, 0.1) is 0 Å². The number of rotatable bonds is 5. The van der Waals surface area contributed by atoms with Crippen molar-refractivity contribution >= 4 is 54.6 Å². The highest BCUT2D eigenvalue weighted by Gasteiger charge is 2.22. The number of aryl methyl sites for hydroxylation is 1. The van der Waals surface area contributed by atoms with E-state index in [9.17, 15) is 8.42 Å². The maximum atomic E-state index is 12.6. The van der Waals surface area contributed by atoms with Gasteiger partial charge in [-0.3, -0.25) is 4.72 Å². The van der Waals surface area contributed by atoms with Gasteiger partial charge in [-0.25, -0.2) is 8.42 Å². The van der Waals surface area contributed by atoms with Gasteiger partial charge in [0, 0.05) is 9.50 Å². The zero-order chi connectivity index (χ0) is 15.6. The predicted molar refractivity (Wildman–Crippen MR) is 93.0 cm³/mol. The third-order valence-electron chi connectivity index (χ3n) is 3.14. The van der Waals surface area contributed by atoms with Crippen LogP contribution >= 0.6 is 38.9 Å². The summed E-state index contributed by atoms with van der Waals surface area (Å²) in [5.41, 5.74) is 2.37. The molecule has 0 unspecified atom stereocenters. The standard InChI is InChI=1S/C14H15BrClNO2S2/c1-3-9-5-6-12(16)10(4-2)13(9)17-21(18,19)14-11(15)7-8-20-14/h5-8,17H,3-4H2,1-2H3. The lowest BCUT2D eigenvalue weighted by Crippen LogP contribution is -2.15. The highest BCUT2D eigenvalue weighted by Crippen LogP contribution is 2.34. The summed E-state index contributed by atoms with van der Waals surface area (Å²) in [6.45, 7) is 3.95. The fourth-order valence-corrected chi connectivity index (χ4v) is 5.86. The Bertz CT molecular complexity index is 756. The van der Waals surface area contributed by atoms with Crippen molar-refractivity contribution in [1.29, 1.82) is 0 Å². The van der Waals surface area contributed by atoms with Gasteiger partial charge < -0.3 is 0 Å². The van der Waals surface area contributed by atoms with Gasteiger partial charge in [-0.05, 0) is 57.4 Å². The summed E-state index contributed by atoms with van der Waals surface area (Å²) in [6, 6.07) is 5.40. The van der Waals surface area contributed by atoms with Crippen molar-refractivity contribution in [3.8, 4) is 0 Å². The molecule has 0 atom stereocenters. The van der Waals surface area contributed by atoms with Crippen molar-refractivity contribution in [2.24, 2.45) is 0 Å². The van der Waals surface area contributed by atoms with Crippen molar-refractivity contribution < 1.29 is 8.42 Å². The predicted octanol–water partition coefficient (Wildman–Crippen LogP) is 5.09. The Kier molecular flexibility index (Phi) is 5.35. The lowest BCUT2D eigenvalue weighted by Gasteiger charge is -2.16. The van der Waals surface area contributed by atoms with Crippen LogP contribution in [0.3, 0.4) is 0 Å². The molecule has 0 spiro atoms. The smallest absolute Gasteiger partial charge is 0.272 e. The van der Waals surface area contributed by atoms with Crippen molar-refractivity contribution in [2.45, 2.75) is 30.9 Å². The van der Waals surface area contributed by atoms with E-state index in [4.69, 9.17) is 11.6 Å². The first-order chi connectivity index (χ1) is 9.90. The molecule has 1 aromatic heterocycles. The molecule has 0 radical (unpaired) electrons. The van der Waals surface area contributed by atoms with E-state index in [-0.39, 0.29) is 4.21 Å². The van der Waals surface area contributed by atoms with Crippen LogP contribution in [0.15, 0.2) is 32.3 Å². The summed E-state index contributed by atoms with van der Waals surface area (Å²) in [6.07, 6.45) is 1.39. The number of sulfonamides is 1. The minimum atomic E-state index is -3.62. The quantitative estimate of drug-likeness (QED) is 0.749. The number of hydrogen-bond acceptors (Lipinski definition) is 3. The fourth-order valence-electron chi connectivity index (χ4n) is 2.09. The molecule has 21 heavy (non-hydrogen) atoms. The molecule has 114 valence electrons. The largest absolute Gasteiger partial charge is 0.278 e. The molecule has 0 aliphatic carbocycles. The highest BCUT2D eigenvalue weighted by atomic mass is 79.9. The van der Waals surface area contributed by atoms with E-state index in [1.54, 1.807) is 11.4 Å². The molecule has 1 aromatic carbocycles. The van der Waals surface area contributed by atoms with Crippen LogP contribution in [0.2, 0.25) is 5.02 Å². The number of halogens is 2. The Labute approximate surface area is 142 Å². The highest BCUT2D eigenvalue weighted by molar-refractivity contribution is 9.10. The summed E-state index contributed by atoms with van der Waals surface area (Å²) in [7, 11) is -3.62. The number of benzene rings is 1. The summed E-state index contributed by atoms with van der Waals surface area (Å²) in [5, 5.41) is 2.32. The molecule has 0 amide bonds. The first-order valence-electron chi connectivity index (χ1n) is 6.46. The van der Waals surface area contributed by atoms with E-state index in [2.05, 4.69) is 20.7 Å². The Morgan fingerprint density at radius 2 is 1.95 bits per heavy atom. The normalized spacial score (nSPS) is 11.6. The van der Waals surface area contributed by atoms with Crippen LogP contribution < -0.4 is 4.72 Å². The number of nitrogens with one attached hydrogen (secondary N) is 1. The Hall–Kier alpha value is -0.560. The first kappa shape index (κ1) is 16.8. The van der Waals surface area contributed by atoms with Gasteiger partial charge in [-0.1, -0.05) is 31.5 Å². The number of anilines is 1. The van der Waals surface area contributed by atoms with Gasteiger partial charge >= 0.3 is 0 Å². The van der Waals surface area contributed by atoms with E-state index < -0.39 is 10.0 Å². The summed E-state index contributed by atoms with van der Waals surface area (Å²) >= 11 is 10.6. The van der Waals surface area contributed by atoms with Crippen LogP contribution in [0.25, 0.3) is 0 Å². The average Bonchev–Trinajstić information content (AvgIpc) is 2.86. The molecule has 0 saturated heterocycles. The molecular weight excluding hydrogens is 394 g/mol. The lowest BCUT2D eigenvalue weighted by molar-refractivity contribution is 0.602. The molecule has 7 heteroatoms. The second-order valence-corrected chi connectivity index (χ2v) is 8.48. The van der Waals surface area contributed by atoms with Crippen molar-refractivity contribution in [3.05, 3.63) is 44.2 Å². The second kappa shape index (κ2) is 6.69. The molecule has 0 fully saturated rings. The molecule has 1 heterocycles. The van der Waals surface area contributed by atoms with Gasteiger partial charge in [-0.2, -0.15) is 0 Å². The van der Waals surface area contributed by atoms with Gasteiger partial charge in [0.2, 0.25) is 0 Å². The topological polar surface area (TPSA) is 46.2 Å². The number of thiophene rings is 1. The Balaban J connectivity index is 2.53. The minimum Gasteiger partial charge on any atom is -0.278 e. The van der Waals surface area contributed by atoms with Crippen LogP contribution in [0.5, 0.6) is 0 Å². The minimum absolute atomic E-state index is 0.270. The van der Waals surface area contributed by atoms with Gasteiger partial charge in [0.25, 0.3) is 10.0 Å². The van der Waals surface area contributed by atoms with Crippen LogP contribution in [0.4, 0.5) is 5.69 Å². The van der Waals surface area contributed by atoms with E-state index in [0.29, 0.717) is 21.6 Å². The van der Waals surface area contributed by atoms with Crippen molar-refractivity contribution in [3.63, 3.8) is 0 Å². The van der Waals surface area contributed by atoms with Crippen LogP contribution in [0.1, 0.15) is 25.0 Å². The molecule has 0 bridgehead atoms. The molecule has 1 N–H and O–H groups in total. The first-order valence-corrected chi connectivity index (χ1v) is 10.00. The third kappa shape index (κ3) is 3.44. The number of hydrogen-bond donors (Lipinski definition) is 1. The molecule has 3 nitrogen and oxygen atoms in total. The van der Waals surface area contributed by atoms with E-state index in [0.717, 1.165) is 17.5 Å². The summed E-state index contributed by atoms with van der Waals surface area (Å²) in [4.78, 5) is 0. The lowest BCUT2D eigenvalue weighted by atomic mass is 10.0. The average molecular weight is 409 g/mol. The second-order valence-electron chi connectivity index (χ2n) is 4.43. The van der Waals surface area contributed by atoms with Crippen LogP contribution in [-0.2, 0) is 22.9 Å². The molecule has 0 aliphatic rings. The summed E-state index contributed by atoms with van der Waals surface area (Å²) in [5.74, 6) is 0. The van der Waals surface area contributed by atoms with Gasteiger partial charge in [0.1, 0.15) is 0 Å². The van der Waals surface area contributed by atoms with Crippen molar-refractivity contribution in [1.82, 2.24) is 0 Å². The van der Waals surface area contributed by atoms with Crippen molar-refractivity contribution in [2.75, 3.05) is 4.72 Å². The van der Waals surface area contributed by atoms with E-state index >= 15 is 0 Å². The molecule has 2 aromatic rings. The van der Waals surface area contributed by atoms with E-state index in [1.807, 2.05) is 26.0 Å². The van der Waals surface area contributed by atoms with Crippen LogP contribution in [-0.4, -0.2) is 8.42 Å². The summed E-state index contributed by atoms with van der Waals surface area (Å²) < 4.78 is 28.7. The van der Waals surface area contributed by atoms with Gasteiger partial charge in [0.05, 0.1) is 5.69 Å². The zero-order valence-electron chi connectivity index (χ0n) is 11.6. The Morgan fingerprint density at radius 3 is 2.48 bits per heavy atom. The SMILES string of the molecule is CCc1ccc(Cl)c(CC)c1NS(=O)(=O)c1sccc1Br. The zero-order valence-corrected chi connectivity index (χ0v) is 15.6. The molecular formula is C14H15BrClNO2S2. The maximum absolute atomic E-state index is 12.6.